The second kappa shape index (κ2) is 7.85. The van der Waals surface area contributed by atoms with Gasteiger partial charge in [0.15, 0.2) is 0 Å². The predicted octanol–water partition coefficient (Wildman–Crippen LogP) is 2.22. The molecule has 0 aromatic rings. The van der Waals surface area contributed by atoms with Crippen molar-refractivity contribution in [3.8, 4) is 0 Å². The van der Waals surface area contributed by atoms with E-state index in [1.807, 2.05) is 0 Å². The lowest BCUT2D eigenvalue weighted by Crippen LogP contribution is -2.48. The molecule has 0 aliphatic heterocycles. The summed E-state index contributed by atoms with van der Waals surface area (Å²) in [5, 5.41) is 2.91. The van der Waals surface area contributed by atoms with Gasteiger partial charge >= 0.3 is 0 Å². The largest absolute Gasteiger partial charge is 0.367 e. The minimum atomic E-state index is -0.408. The minimum absolute atomic E-state index is 0.0277. The van der Waals surface area contributed by atoms with Crippen molar-refractivity contribution in [2.45, 2.75) is 70.9 Å². The summed E-state index contributed by atoms with van der Waals surface area (Å²) in [5.74, 6) is 0.575. The van der Waals surface area contributed by atoms with Crippen molar-refractivity contribution in [3.63, 3.8) is 0 Å². The van der Waals surface area contributed by atoms with E-state index in [4.69, 9.17) is 10.5 Å². The van der Waals surface area contributed by atoms with Crippen LogP contribution in [0.5, 0.6) is 0 Å². The molecular weight excluding hydrogens is 240 g/mol. The van der Waals surface area contributed by atoms with Crippen molar-refractivity contribution >= 4 is 5.91 Å². The number of hydrogen-bond donors (Lipinski definition) is 2. The summed E-state index contributed by atoms with van der Waals surface area (Å²) in [5.41, 5.74) is 6.07. The van der Waals surface area contributed by atoms with Gasteiger partial charge < -0.3 is 15.8 Å². The van der Waals surface area contributed by atoms with Crippen LogP contribution in [0, 0.1) is 5.92 Å². The van der Waals surface area contributed by atoms with Crippen LogP contribution in [0.2, 0.25) is 0 Å². The molecule has 1 fully saturated rings. The van der Waals surface area contributed by atoms with Crippen LogP contribution in [0.25, 0.3) is 0 Å². The molecular formula is C15H30N2O2. The van der Waals surface area contributed by atoms with Crippen LogP contribution in [0.4, 0.5) is 0 Å². The topological polar surface area (TPSA) is 64.3 Å². The Bertz CT molecular complexity index is 273. The average molecular weight is 270 g/mol. The number of amides is 1. The van der Waals surface area contributed by atoms with E-state index in [-0.39, 0.29) is 11.4 Å². The molecule has 4 nitrogen and oxygen atoms in total. The van der Waals surface area contributed by atoms with Gasteiger partial charge in [-0.25, -0.2) is 0 Å². The smallest absolute Gasteiger partial charge is 0.248 e. The van der Waals surface area contributed by atoms with Crippen molar-refractivity contribution in [2.75, 3.05) is 13.2 Å². The normalized spacial score (nSPS) is 20.3. The van der Waals surface area contributed by atoms with Gasteiger partial charge in [0.1, 0.15) is 6.10 Å². The van der Waals surface area contributed by atoms with Crippen LogP contribution in [0.3, 0.4) is 0 Å². The van der Waals surface area contributed by atoms with Gasteiger partial charge in [-0.1, -0.05) is 33.1 Å². The molecule has 3 N–H and O–H groups in total. The average Bonchev–Trinajstić information content (AvgIpc) is 2.36. The first-order chi connectivity index (χ1) is 8.93. The fraction of sp³-hybridized carbons (Fsp3) is 0.933. The zero-order valence-electron chi connectivity index (χ0n) is 12.7. The van der Waals surface area contributed by atoms with Gasteiger partial charge in [0.05, 0.1) is 6.61 Å². The molecule has 1 amide bonds. The fourth-order valence-corrected chi connectivity index (χ4v) is 2.39. The van der Waals surface area contributed by atoms with E-state index in [1.165, 1.54) is 19.3 Å². The molecule has 0 bridgehead atoms. The molecule has 1 saturated carbocycles. The van der Waals surface area contributed by atoms with Gasteiger partial charge in [-0.2, -0.15) is 0 Å². The molecule has 19 heavy (non-hydrogen) atoms. The van der Waals surface area contributed by atoms with Gasteiger partial charge in [0, 0.05) is 12.1 Å². The summed E-state index contributed by atoms with van der Waals surface area (Å²) in [6.07, 6.45) is 6.23. The van der Waals surface area contributed by atoms with Gasteiger partial charge in [-0.15, -0.1) is 0 Å². The minimum Gasteiger partial charge on any atom is -0.367 e. The summed E-state index contributed by atoms with van der Waals surface area (Å²) in [7, 11) is 0. The van der Waals surface area contributed by atoms with E-state index in [0.717, 1.165) is 25.8 Å². The van der Waals surface area contributed by atoms with Gasteiger partial charge in [-0.05, 0) is 32.1 Å². The second-order valence-electron chi connectivity index (χ2n) is 6.35. The molecule has 1 atom stereocenters. The van der Waals surface area contributed by atoms with Crippen molar-refractivity contribution in [1.29, 1.82) is 0 Å². The Morgan fingerprint density at radius 2 is 1.89 bits per heavy atom. The maximum Gasteiger partial charge on any atom is 0.248 e. The van der Waals surface area contributed by atoms with E-state index >= 15 is 0 Å². The predicted molar refractivity (Wildman–Crippen MR) is 77.9 cm³/mol. The van der Waals surface area contributed by atoms with Crippen molar-refractivity contribution in [2.24, 2.45) is 11.7 Å². The standard InChI is InChI=1S/C15H30N2O2/c1-12(2)7-10-17-14(18)13(3)19-11-15(16)8-5-4-6-9-15/h12-13H,4-11,16H2,1-3H3,(H,17,18). The van der Waals surface area contributed by atoms with Crippen LogP contribution >= 0.6 is 0 Å². The van der Waals surface area contributed by atoms with Crippen LogP contribution in [-0.4, -0.2) is 30.7 Å². The van der Waals surface area contributed by atoms with Gasteiger partial charge in [-0.3, -0.25) is 4.79 Å². The van der Waals surface area contributed by atoms with E-state index in [0.29, 0.717) is 12.5 Å². The van der Waals surface area contributed by atoms with Crippen LogP contribution in [0.15, 0.2) is 0 Å². The monoisotopic (exact) mass is 270 g/mol. The van der Waals surface area contributed by atoms with Crippen molar-refractivity contribution < 1.29 is 9.53 Å². The molecule has 4 heteroatoms. The Labute approximate surface area is 117 Å². The number of carbonyl (C=O) groups excluding carboxylic acids is 1. The summed E-state index contributed by atoms with van der Waals surface area (Å²) in [6, 6.07) is 0. The Hall–Kier alpha value is -0.610. The summed E-state index contributed by atoms with van der Waals surface area (Å²) < 4.78 is 5.67. The van der Waals surface area contributed by atoms with Crippen molar-refractivity contribution in [3.05, 3.63) is 0 Å². The number of nitrogens with one attached hydrogen (secondary N) is 1. The first-order valence-corrected chi connectivity index (χ1v) is 7.61. The SMILES string of the molecule is CC(C)CCNC(=O)C(C)OCC1(N)CCCCC1. The Kier molecular flexibility index (Phi) is 6.80. The summed E-state index contributed by atoms with van der Waals surface area (Å²) in [4.78, 5) is 11.8. The zero-order valence-corrected chi connectivity index (χ0v) is 12.7. The van der Waals surface area contributed by atoms with E-state index in [2.05, 4.69) is 19.2 Å². The summed E-state index contributed by atoms with van der Waals surface area (Å²) >= 11 is 0. The van der Waals surface area contributed by atoms with E-state index < -0.39 is 6.10 Å². The number of carbonyl (C=O) groups is 1. The highest BCUT2D eigenvalue weighted by Gasteiger charge is 2.29. The Morgan fingerprint density at radius 3 is 2.47 bits per heavy atom. The number of hydrogen-bond acceptors (Lipinski definition) is 3. The summed E-state index contributed by atoms with van der Waals surface area (Å²) in [6.45, 7) is 7.31. The number of nitrogens with two attached hydrogens (primary N) is 1. The van der Waals surface area contributed by atoms with E-state index in [1.54, 1.807) is 6.92 Å². The van der Waals surface area contributed by atoms with Crippen LogP contribution < -0.4 is 11.1 Å². The first kappa shape index (κ1) is 16.4. The molecule has 0 heterocycles. The Morgan fingerprint density at radius 1 is 1.26 bits per heavy atom. The first-order valence-electron chi connectivity index (χ1n) is 7.61. The molecule has 0 spiro atoms. The molecule has 1 aliphatic carbocycles. The third-order valence-electron chi connectivity index (χ3n) is 3.86. The highest BCUT2D eigenvalue weighted by atomic mass is 16.5. The molecule has 0 aromatic heterocycles. The quantitative estimate of drug-likeness (QED) is 0.745. The van der Waals surface area contributed by atoms with Crippen LogP contribution in [-0.2, 0) is 9.53 Å². The lowest BCUT2D eigenvalue weighted by atomic mass is 9.83. The Balaban J connectivity index is 2.22. The lowest BCUT2D eigenvalue weighted by Gasteiger charge is -2.33. The molecule has 112 valence electrons. The zero-order chi connectivity index (χ0) is 14.3. The molecule has 1 aliphatic rings. The molecule has 1 unspecified atom stereocenters. The van der Waals surface area contributed by atoms with Gasteiger partial charge in [0.2, 0.25) is 5.91 Å². The molecule has 0 radical (unpaired) electrons. The lowest BCUT2D eigenvalue weighted by molar-refractivity contribution is -0.133. The second-order valence-corrected chi connectivity index (χ2v) is 6.35. The maximum absolute atomic E-state index is 11.8. The molecule has 0 aromatic carbocycles. The third kappa shape index (κ3) is 6.39. The highest BCUT2D eigenvalue weighted by Crippen LogP contribution is 2.26. The van der Waals surface area contributed by atoms with E-state index in [9.17, 15) is 4.79 Å². The third-order valence-corrected chi connectivity index (χ3v) is 3.86. The van der Waals surface area contributed by atoms with Gasteiger partial charge in [0.25, 0.3) is 0 Å². The number of rotatable bonds is 7. The highest BCUT2D eigenvalue weighted by molar-refractivity contribution is 5.80. The maximum atomic E-state index is 11.8. The van der Waals surface area contributed by atoms with Crippen LogP contribution in [0.1, 0.15) is 59.3 Å². The number of ether oxygens (including phenoxy) is 1. The van der Waals surface area contributed by atoms with Crippen molar-refractivity contribution in [1.82, 2.24) is 5.32 Å². The fourth-order valence-electron chi connectivity index (χ4n) is 2.39. The molecule has 0 saturated heterocycles. The molecule has 1 rings (SSSR count).